The normalized spacial score (nSPS) is 10.5. The molecule has 0 aliphatic carbocycles. The van der Waals surface area contributed by atoms with Gasteiger partial charge in [-0.2, -0.15) is 0 Å². The lowest BCUT2D eigenvalue weighted by atomic mass is 10.0. The van der Waals surface area contributed by atoms with Crippen LogP contribution < -0.4 is 16.0 Å². The van der Waals surface area contributed by atoms with Crippen LogP contribution in [0.5, 0.6) is 0 Å². The van der Waals surface area contributed by atoms with Crippen LogP contribution in [0.4, 0.5) is 5.69 Å². The first-order valence-electron chi connectivity index (χ1n) is 11.0. The molecule has 0 bridgehead atoms. The van der Waals surface area contributed by atoms with Crippen molar-refractivity contribution in [2.45, 2.75) is 20.3 Å². The third-order valence-electron chi connectivity index (χ3n) is 5.10. The summed E-state index contributed by atoms with van der Waals surface area (Å²) in [4.78, 5) is 36.2. The SMILES string of the molecule is CC(C)C(=O)Nc1ccc(C(=O)NCCNC(=O)Cc2ccc(-c3ccccc3)cc2)cc1. The molecule has 0 spiro atoms. The average molecular weight is 444 g/mol. The molecule has 0 aliphatic rings. The molecule has 170 valence electrons. The number of hydrogen-bond donors (Lipinski definition) is 3. The summed E-state index contributed by atoms with van der Waals surface area (Å²) in [6.07, 6.45) is 0.284. The fraction of sp³-hybridized carbons (Fsp3) is 0.222. The molecule has 3 N–H and O–H groups in total. The molecule has 0 unspecified atom stereocenters. The Bertz CT molecular complexity index is 1080. The van der Waals surface area contributed by atoms with Gasteiger partial charge in [0.05, 0.1) is 6.42 Å². The Balaban J connectivity index is 1.38. The predicted molar refractivity (Wildman–Crippen MR) is 131 cm³/mol. The van der Waals surface area contributed by atoms with Crippen LogP contribution in [0.25, 0.3) is 11.1 Å². The van der Waals surface area contributed by atoms with Gasteiger partial charge in [0.25, 0.3) is 5.91 Å². The molecule has 0 aliphatic heterocycles. The second-order valence-electron chi connectivity index (χ2n) is 8.07. The number of anilines is 1. The van der Waals surface area contributed by atoms with Crippen molar-refractivity contribution >= 4 is 23.4 Å². The number of carbonyl (C=O) groups excluding carboxylic acids is 3. The summed E-state index contributed by atoms with van der Waals surface area (Å²) in [5, 5.41) is 8.39. The summed E-state index contributed by atoms with van der Waals surface area (Å²) in [5.41, 5.74) is 4.31. The van der Waals surface area contributed by atoms with Crippen LogP contribution in [0.2, 0.25) is 0 Å². The van der Waals surface area contributed by atoms with E-state index >= 15 is 0 Å². The van der Waals surface area contributed by atoms with Crippen molar-refractivity contribution in [1.29, 1.82) is 0 Å². The molecule has 0 atom stereocenters. The van der Waals surface area contributed by atoms with Gasteiger partial charge >= 0.3 is 0 Å². The predicted octanol–water partition coefficient (Wildman–Crippen LogP) is 4.04. The molecule has 0 saturated carbocycles. The molecule has 0 heterocycles. The second kappa shape index (κ2) is 11.6. The number of hydrogen-bond acceptors (Lipinski definition) is 3. The first-order chi connectivity index (χ1) is 15.9. The summed E-state index contributed by atoms with van der Waals surface area (Å²) in [6, 6.07) is 24.7. The van der Waals surface area contributed by atoms with E-state index in [1.54, 1.807) is 24.3 Å². The topological polar surface area (TPSA) is 87.3 Å². The monoisotopic (exact) mass is 443 g/mol. The minimum absolute atomic E-state index is 0.0740. The highest BCUT2D eigenvalue weighted by Crippen LogP contribution is 2.19. The van der Waals surface area contributed by atoms with E-state index in [0.717, 1.165) is 16.7 Å². The van der Waals surface area contributed by atoms with Crippen LogP contribution in [0.3, 0.4) is 0 Å². The number of carbonyl (C=O) groups is 3. The zero-order valence-electron chi connectivity index (χ0n) is 18.9. The Morgan fingerprint density at radius 1 is 0.727 bits per heavy atom. The van der Waals surface area contributed by atoms with Gasteiger partial charge in [-0.3, -0.25) is 14.4 Å². The van der Waals surface area contributed by atoms with E-state index in [0.29, 0.717) is 24.3 Å². The van der Waals surface area contributed by atoms with Gasteiger partial charge in [0.15, 0.2) is 0 Å². The Morgan fingerprint density at radius 2 is 1.33 bits per heavy atom. The van der Waals surface area contributed by atoms with Gasteiger partial charge in [0.1, 0.15) is 0 Å². The van der Waals surface area contributed by atoms with Crippen LogP contribution in [-0.2, 0) is 16.0 Å². The lowest BCUT2D eigenvalue weighted by molar-refractivity contribution is -0.120. The number of benzene rings is 3. The van der Waals surface area contributed by atoms with Gasteiger partial charge in [-0.25, -0.2) is 0 Å². The molecule has 3 amide bonds. The zero-order valence-corrected chi connectivity index (χ0v) is 18.9. The summed E-state index contributed by atoms with van der Waals surface area (Å²) >= 11 is 0. The molecule has 6 heteroatoms. The van der Waals surface area contributed by atoms with Crippen LogP contribution in [0, 0.1) is 5.92 Å². The van der Waals surface area contributed by atoms with E-state index in [2.05, 4.69) is 28.1 Å². The van der Waals surface area contributed by atoms with Crippen LogP contribution in [-0.4, -0.2) is 30.8 Å². The maximum atomic E-state index is 12.3. The lowest BCUT2D eigenvalue weighted by Gasteiger charge is -2.10. The van der Waals surface area contributed by atoms with Crippen molar-refractivity contribution < 1.29 is 14.4 Å². The molecule has 6 nitrogen and oxygen atoms in total. The van der Waals surface area contributed by atoms with Gasteiger partial charge < -0.3 is 16.0 Å². The Hall–Kier alpha value is -3.93. The highest BCUT2D eigenvalue weighted by Gasteiger charge is 2.09. The smallest absolute Gasteiger partial charge is 0.251 e. The van der Waals surface area contributed by atoms with Gasteiger partial charge in [-0.15, -0.1) is 0 Å². The van der Waals surface area contributed by atoms with E-state index in [1.165, 1.54) is 0 Å². The van der Waals surface area contributed by atoms with E-state index in [9.17, 15) is 14.4 Å². The molecule has 0 saturated heterocycles. The maximum absolute atomic E-state index is 12.3. The number of amides is 3. The molecule has 0 fully saturated rings. The summed E-state index contributed by atoms with van der Waals surface area (Å²) in [7, 11) is 0. The molecule has 0 aromatic heterocycles. The van der Waals surface area contributed by atoms with Crippen LogP contribution in [0.15, 0.2) is 78.9 Å². The Labute approximate surface area is 194 Å². The fourth-order valence-electron chi connectivity index (χ4n) is 3.17. The van der Waals surface area contributed by atoms with Gasteiger partial charge in [-0.1, -0.05) is 68.4 Å². The van der Waals surface area contributed by atoms with Crippen molar-refractivity contribution in [3.8, 4) is 11.1 Å². The van der Waals surface area contributed by atoms with Crippen molar-refractivity contribution in [3.05, 3.63) is 90.0 Å². The van der Waals surface area contributed by atoms with E-state index in [-0.39, 0.29) is 30.1 Å². The van der Waals surface area contributed by atoms with E-state index in [1.807, 2.05) is 56.3 Å². The summed E-state index contributed by atoms with van der Waals surface area (Å²) in [6.45, 7) is 4.30. The van der Waals surface area contributed by atoms with Gasteiger partial charge in [0, 0.05) is 30.3 Å². The third-order valence-corrected chi connectivity index (χ3v) is 5.10. The average Bonchev–Trinajstić information content (AvgIpc) is 2.83. The quantitative estimate of drug-likeness (QED) is 0.436. The van der Waals surface area contributed by atoms with Crippen LogP contribution >= 0.6 is 0 Å². The minimum atomic E-state index is -0.234. The van der Waals surface area contributed by atoms with Gasteiger partial charge in [-0.05, 0) is 41.0 Å². The van der Waals surface area contributed by atoms with E-state index < -0.39 is 0 Å². The highest BCUT2D eigenvalue weighted by atomic mass is 16.2. The summed E-state index contributed by atoms with van der Waals surface area (Å²) in [5.74, 6) is -0.517. The van der Waals surface area contributed by atoms with Crippen molar-refractivity contribution in [2.75, 3.05) is 18.4 Å². The van der Waals surface area contributed by atoms with Crippen molar-refractivity contribution in [3.63, 3.8) is 0 Å². The van der Waals surface area contributed by atoms with Crippen LogP contribution in [0.1, 0.15) is 29.8 Å². The molecule has 3 aromatic carbocycles. The first-order valence-corrected chi connectivity index (χ1v) is 11.0. The lowest BCUT2D eigenvalue weighted by Crippen LogP contribution is -2.35. The van der Waals surface area contributed by atoms with E-state index in [4.69, 9.17) is 0 Å². The zero-order chi connectivity index (χ0) is 23.6. The molecule has 3 rings (SSSR count). The molecular weight excluding hydrogens is 414 g/mol. The fourth-order valence-corrected chi connectivity index (χ4v) is 3.17. The Kier molecular flexibility index (Phi) is 8.36. The maximum Gasteiger partial charge on any atom is 0.251 e. The number of rotatable bonds is 9. The molecule has 33 heavy (non-hydrogen) atoms. The summed E-state index contributed by atoms with van der Waals surface area (Å²) < 4.78 is 0. The standard InChI is InChI=1S/C27H29N3O3/c1-19(2)26(32)30-24-14-12-23(13-15-24)27(33)29-17-16-28-25(31)18-20-8-10-22(11-9-20)21-6-4-3-5-7-21/h3-15,19H,16-18H2,1-2H3,(H,28,31)(H,29,33)(H,30,32). The first kappa shape index (κ1) is 23.7. The molecule has 3 aromatic rings. The van der Waals surface area contributed by atoms with Crippen molar-refractivity contribution in [2.24, 2.45) is 5.92 Å². The van der Waals surface area contributed by atoms with Crippen molar-refractivity contribution in [1.82, 2.24) is 10.6 Å². The molecule has 0 radical (unpaired) electrons. The largest absolute Gasteiger partial charge is 0.354 e. The highest BCUT2D eigenvalue weighted by molar-refractivity contribution is 5.96. The second-order valence-corrected chi connectivity index (χ2v) is 8.07. The molecular formula is C27H29N3O3. The third kappa shape index (κ3) is 7.31. The van der Waals surface area contributed by atoms with Gasteiger partial charge in [0.2, 0.25) is 11.8 Å². The minimum Gasteiger partial charge on any atom is -0.354 e. The Morgan fingerprint density at radius 3 is 1.97 bits per heavy atom. The number of nitrogens with one attached hydrogen (secondary N) is 3.